The Morgan fingerprint density at radius 2 is 1.71 bits per heavy atom. The molecule has 0 saturated carbocycles. The van der Waals surface area contributed by atoms with Gasteiger partial charge in [-0.3, -0.25) is 9.52 Å². The second kappa shape index (κ2) is 8.15. The van der Waals surface area contributed by atoms with E-state index in [1.165, 1.54) is 0 Å². The lowest BCUT2D eigenvalue weighted by atomic mass is 10.0. The summed E-state index contributed by atoms with van der Waals surface area (Å²) < 4.78 is 12.8. The van der Waals surface area contributed by atoms with Gasteiger partial charge in [-0.2, -0.15) is 0 Å². The van der Waals surface area contributed by atoms with Crippen LogP contribution in [0.1, 0.15) is 21.5 Å². The third kappa shape index (κ3) is 4.00. The van der Waals surface area contributed by atoms with E-state index < -0.39 is 11.3 Å². The van der Waals surface area contributed by atoms with E-state index >= 15 is 0 Å². The van der Waals surface area contributed by atoms with Gasteiger partial charge in [-0.05, 0) is 52.4 Å². The second-order valence-electron chi connectivity index (χ2n) is 6.28. The summed E-state index contributed by atoms with van der Waals surface area (Å²) in [6.45, 7) is 0. The van der Waals surface area contributed by atoms with E-state index in [2.05, 4.69) is 9.12 Å². The molecule has 28 heavy (non-hydrogen) atoms. The summed E-state index contributed by atoms with van der Waals surface area (Å²) in [4.78, 5) is 12.6. The van der Waals surface area contributed by atoms with Crippen molar-refractivity contribution in [2.75, 3.05) is 7.11 Å². The van der Waals surface area contributed by atoms with Gasteiger partial charge < -0.3 is 4.74 Å². The maximum Gasteiger partial charge on any atom is 0.261 e. The minimum atomic E-state index is -1.09. The zero-order chi connectivity index (χ0) is 19.3. The molecular formula is C23H20N2O2S. The first-order valence-electron chi connectivity index (χ1n) is 8.89. The number of fused-ring (bicyclic) bond motifs is 1. The van der Waals surface area contributed by atoms with Crippen molar-refractivity contribution in [3.05, 3.63) is 94.9 Å². The second-order valence-corrected chi connectivity index (χ2v) is 7.73. The smallest absolute Gasteiger partial charge is 0.261 e. The lowest BCUT2D eigenvalue weighted by molar-refractivity contribution is 0.0984. The fourth-order valence-corrected chi connectivity index (χ4v) is 4.04. The van der Waals surface area contributed by atoms with Gasteiger partial charge in [0.2, 0.25) is 0 Å². The number of methoxy groups -OCH3 is 1. The number of rotatable bonds is 4. The third-order valence-corrected chi connectivity index (χ3v) is 5.71. The van der Waals surface area contributed by atoms with Crippen LogP contribution in [-0.2, 0) is 0 Å². The van der Waals surface area contributed by atoms with Gasteiger partial charge in [0.25, 0.3) is 5.91 Å². The van der Waals surface area contributed by atoms with Crippen LogP contribution in [-0.4, -0.2) is 19.2 Å². The van der Waals surface area contributed by atoms with E-state index in [1.807, 2.05) is 90.5 Å². The van der Waals surface area contributed by atoms with Gasteiger partial charge in [-0.25, -0.2) is 4.40 Å². The number of nitrogens with zero attached hydrogens (tertiary/aromatic N) is 1. The minimum Gasteiger partial charge on any atom is -0.497 e. The average molecular weight is 388 g/mol. The molecule has 0 saturated heterocycles. The number of carbonyl (C=O) groups is 1. The van der Waals surface area contributed by atoms with Crippen LogP contribution in [0.2, 0.25) is 0 Å². The maximum absolute atomic E-state index is 12.6. The molecule has 1 atom stereocenters. The number of carbonyl (C=O) groups excluding carboxylic acids is 1. The molecule has 1 amide bonds. The normalized spacial score (nSPS) is 16.1. The first-order chi connectivity index (χ1) is 13.7. The fraction of sp³-hybridized carbons (Fsp3) is 0.0435. The number of nitrogens with one attached hydrogen (secondary N) is 1. The van der Waals surface area contributed by atoms with E-state index in [4.69, 9.17) is 4.74 Å². The Balaban J connectivity index is 1.47. The molecule has 1 aliphatic heterocycles. The molecule has 0 fully saturated rings. The molecule has 3 aromatic carbocycles. The Hall–Kier alpha value is -3.31. The highest BCUT2D eigenvalue weighted by Crippen LogP contribution is 2.29. The van der Waals surface area contributed by atoms with Crippen molar-refractivity contribution in [1.82, 2.24) is 4.72 Å². The summed E-state index contributed by atoms with van der Waals surface area (Å²) in [5.41, 5.74) is 4.85. The lowest BCUT2D eigenvalue weighted by Gasteiger charge is -2.13. The van der Waals surface area contributed by atoms with E-state index in [-0.39, 0.29) is 5.91 Å². The highest BCUT2D eigenvalue weighted by Gasteiger charge is 2.10. The SMILES string of the molecule is COc1cccc(-c2ccc(C(=O)N[SH]3C=Cc4ccccc4C=N3)cc2)c1. The Morgan fingerprint density at radius 1 is 0.929 bits per heavy atom. The highest BCUT2D eigenvalue weighted by atomic mass is 32.2. The lowest BCUT2D eigenvalue weighted by Crippen LogP contribution is -2.18. The number of amides is 1. The van der Waals surface area contributed by atoms with Gasteiger partial charge in [0, 0.05) is 17.3 Å². The van der Waals surface area contributed by atoms with Crippen molar-refractivity contribution in [2.45, 2.75) is 0 Å². The third-order valence-electron chi connectivity index (χ3n) is 4.48. The zero-order valence-electron chi connectivity index (χ0n) is 15.4. The fourth-order valence-electron chi connectivity index (χ4n) is 2.95. The molecule has 0 radical (unpaired) electrons. The Kier molecular flexibility index (Phi) is 5.26. The maximum atomic E-state index is 12.6. The number of hydrogen-bond donors (Lipinski definition) is 2. The van der Waals surface area contributed by atoms with Crippen LogP contribution < -0.4 is 9.46 Å². The van der Waals surface area contributed by atoms with Crippen LogP contribution in [0, 0.1) is 0 Å². The molecule has 1 heterocycles. The molecule has 0 aromatic heterocycles. The van der Waals surface area contributed by atoms with Gasteiger partial charge in [0.05, 0.1) is 7.11 Å². The summed E-state index contributed by atoms with van der Waals surface area (Å²) in [5, 5.41) is 1.96. The van der Waals surface area contributed by atoms with Crippen LogP contribution >= 0.6 is 11.3 Å². The van der Waals surface area contributed by atoms with Crippen LogP contribution in [0.5, 0.6) is 5.75 Å². The first kappa shape index (κ1) is 18.1. The van der Waals surface area contributed by atoms with Crippen LogP contribution in [0.3, 0.4) is 0 Å². The first-order valence-corrected chi connectivity index (χ1v) is 10.3. The van der Waals surface area contributed by atoms with Crippen LogP contribution in [0.15, 0.2) is 82.6 Å². The van der Waals surface area contributed by atoms with Gasteiger partial charge in [0.15, 0.2) is 0 Å². The number of benzene rings is 3. The molecule has 0 bridgehead atoms. The van der Waals surface area contributed by atoms with E-state index in [0.717, 1.165) is 28.0 Å². The molecule has 5 heteroatoms. The van der Waals surface area contributed by atoms with Crippen molar-refractivity contribution in [2.24, 2.45) is 4.40 Å². The van der Waals surface area contributed by atoms with E-state index in [9.17, 15) is 4.79 Å². The molecule has 140 valence electrons. The average Bonchev–Trinajstić information content (AvgIpc) is 2.96. The molecule has 1 N–H and O–H groups in total. The van der Waals surface area contributed by atoms with Crippen molar-refractivity contribution in [1.29, 1.82) is 0 Å². The monoisotopic (exact) mass is 388 g/mol. The topological polar surface area (TPSA) is 50.7 Å². The van der Waals surface area contributed by atoms with Gasteiger partial charge in [0.1, 0.15) is 5.75 Å². The summed E-state index contributed by atoms with van der Waals surface area (Å²) in [6, 6.07) is 23.4. The van der Waals surface area contributed by atoms with Crippen molar-refractivity contribution in [3.63, 3.8) is 0 Å². The molecule has 3 aromatic rings. The predicted octanol–water partition coefficient (Wildman–Crippen LogP) is 5.03. The van der Waals surface area contributed by atoms with Crippen LogP contribution in [0.25, 0.3) is 17.2 Å². The van der Waals surface area contributed by atoms with Crippen molar-refractivity contribution in [3.8, 4) is 16.9 Å². The van der Waals surface area contributed by atoms with Crippen molar-refractivity contribution < 1.29 is 9.53 Å². The summed E-state index contributed by atoms with van der Waals surface area (Å²) in [5.74, 6) is 0.678. The number of thiol groups is 1. The molecule has 0 spiro atoms. The van der Waals surface area contributed by atoms with Gasteiger partial charge in [-0.1, -0.05) is 59.8 Å². The molecule has 1 unspecified atom stereocenters. The molecule has 4 rings (SSSR count). The van der Waals surface area contributed by atoms with Gasteiger partial charge in [-0.15, -0.1) is 0 Å². The van der Waals surface area contributed by atoms with Crippen molar-refractivity contribution >= 4 is 29.5 Å². The molecular weight excluding hydrogens is 368 g/mol. The number of ether oxygens (including phenoxy) is 1. The van der Waals surface area contributed by atoms with E-state index in [1.54, 1.807) is 7.11 Å². The van der Waals surface area contributed by atoms with E-state index in [0.29, 0.717) is 5.56 Å². The minimum absolute atomic E-state index is 0.129. The highest BCUT2D eigenvalue weighted by molar-refractivity contribution is 8.17. The predicted molar refractivity (Wildman–Crippen MR) is 118 cm³/mol. The standard InChI is InChI=1S/C23H20N2O2S/c1-27-22-8-4-7-20(15-22)18-9-11-19(12-10-18)23(26)25-28-14-13-17-5-2-3-6-21(17)16-24-28/h2-16,28H,1H3,(H,25,26). The Labute approximate surface area is 167 Å². The summed E-state index contributed by atoms with van der Waals surface area (Å²) in [7, 11) is 1.65. The summed E-state index contributed by atoms with van der Waals surface area (Å²) >= 11 is -1.09. The van der Waals surface area contributed by atoms with Gasteiger partial charge >= 0.3 is 0 Å². The van der Waals surface area contributed by atoms with Crippen LogP contribution in [0.4, 0.5) is 0 Å². The summed E-state index contributed by atoms with van der Waals surface area (Å²) in [6.07, 6.45) is 3.84. The molecule has 4 nitrogen and oxygen atoms in total. The number of hydrogen-bond acceptors (Lipinski definition) is 3. The quantitative estimate of drug-likeness (QED) is 0.616. The Morgan fingerprint density at radius 3 is 2.50 bits per heavy atom. The zero-order valence-corrected chi connectivity index (χ0v) is 16.3. The Bertz CT molecular complexity index is 1030. The largest absolute Gasteiger partial charge is 0.497 e. The molecule has 0 aliphatic carbocycles. The molecule has 1 aliphatic rings.